The Balaban J connectivity index is 1.53. The van der Waals surface area contributed by atoms with E-state index in [1.54, 1.807) is 0 Å². The van der Waals surface area contributed by atoms with Crippen molar-refractivity contribution in [1.82, 2.24) is 0 Å². The first kappa shape index (κ1) is 21.1. The molecule has 35 heavy (non-hydrogen) atoms. The molecule has 0 spiro atoms. The van der Waals surface area contributed by atoms with Gasteiger partial charge < -0.3 is 0 Å². The van der Waals surface area contributed by atoms with Crippen molar-refractivity contribution in [3.05, 3.63) is 144 Å². The highest BCUT2D eigenvalue weighted by atomic mass is 14.2. The van der Waals surface area contributed by atoms with Gasteiger partial charge in [0.15, 0.2) is 0 Å². The number of hydrogen-bond acceptors (Lipinski definition) is 0. The molecule has 0 aliphatic heterocycles. The van der Waals surface area contributed by atoms with Gasteiger partial charge in [-0.15, -0.1) is 0 Å². The molecule has 6 aromatic rings. The normalized spacial score (nSPS) is 11.5. The third-order valence-electron chi connectivity index (χ3n) is 6.74. The zero-order chi connectivity index (χ0) is 23.6. The Kier molecular flexibility index (Phi) is 5.48. The Morgan fingerprint density at radius 2 is 0.743 bits per heavy atom. The van der Waals surface area contributed by atoms with Crippen LogP contribution in [0, 0.1) is 6.92 Å². The molecule has 6 aromatic carbocycles. The Morgan fingerprint density at radius 3 is 1.20 bits per heavy atom. The SMILES string of the molecule is Cc1ccc(-c2c3ccccc3c(-c3ccc(/C=C/c4ccccc4)cc3)c3ccccc23)cc1. The van der Waals surface area contributed by atoms with Gasteiger partial charge in [-0.3, -0.25) is 0 Å². The minimum Gasteiger partial charge on any atom is -0.0622 e. The van der Waals surface area contributed by atoms with Crippen LogP contribution in [0.5, 0.6) is 0 Å². The van der Waals surface area contributed by atoms with E-state index in [0.29, 0.717) is 0 Å². The number of rotatable bonds is 4. The highest BCUT2D eigenvalue weighted by molar-refractivity contribution is 6.21. The topological polar surface area (TPSA) is 0 Å². The Morgan fingerprint density at radius 1 is 0.371 bits per heavy atom. The van der Waals surface area contributed by atoms with E-state index in [-0.39, 0.29) is 0 Å². The summed E-state index contributed by atoms with van der Waals surface area (Å²) in [4.78, 5) is 0. The van der Waals surface area contributed by atoms with E-state index in [0.717, 1.165) is 0 Å². The lowest BCUT2D eigenvalue weighted by Crippen LogP contribution is -1.91. The lowest BCUT2D eigenvalue weighted by Gasteiger charge is -2.18. The number of aryl methyl sites for hydroxylation is 1. The second-order valence-corrected chi connectivity index (χ2v) is 9.07. The molecule has 0 heterocycles. The Hall–Kier alpha value is -4.42. The van der Waals surface area contributed by atoms with Gasteiger partial charge >= 0.3 is 0 Å². The number of benzene rings is 6. The van der Waals surface area contributed by atoms with E-state index in [9.17, 15) is 0 Å². The minimum atomic E-state index is 1.20. The van der Waals surface area contributed by atoms with Crippen LogP contribution in [-0.2, 0) is 0 Å². The van der Waals surface area contributed by atoms with Crippen molar-refractivity contribution in [2.75, 3.05) is 0 Å². The molecule has 0 N–H and O–H groups in total. The quantitative estimate of drug-likeness (QED) is 0.187. The molecule has 0 unspecified atom stereocenters. The summed E-state index contributed by atoms with van der Waals surface area (Å²) in [5, 5.41) is 5.15. The summed E-state index contributed by atoms with van der Waals surface area (Å²) in [5.41, 5.74) is 8.79. The maximum atomic E-state index is 2.26. The first-order chi connectivity index (χ1) is 17.3. The Labute approximate surface area is 206 Å². The van der Waals surface area contributed by atoms with E-state index in [2.05, 4.69) is 140 Å². The molecule has 0 saturated heterocycles. The van der Waals surface area contributed by atoms with Gasteiger partial charge in [-0.1, -0.05) is 145 Å². The maximum Gasteiger partial charge on any atom is -0.00264 e. The van der Waals surface area contributed by atoms with Crippen LogP contribution in [0.2, 0.25) is 0 Å². The maximum absolute atomic E-state index is 2.26. The smallest absolute Gasteiger partial charge is 0.00264 e. The zero-order valence-corrected chi connectivity index (χ0v) is 19.8. The fourth-order valence-corrected chi connectivity index (χ4v) is 4.99. The van der Waals surface area contributed by atoms with Crippen LogP contribution in [0.1, 0.15) is 16.7 Å². The number of fused-ring (bicyclic) bond motifs is 2. The summed E-state index contributed by atoms with van der Waals surface area (Å²) in [6.07, 6.45) is 4.34. The van der Waals surface area contributed by atoms with Crippen molar-refractivity contribution in [1.29, 1.82) is 0 Å². The summed E-state index contributed by atoms with van der Waals surface area (Å²) in [6.45, 7) is 2.14. The fourth-order valence-electron chi connectivity index (χ4n) is 4.99. The van der Waals surface area contributed by atoms with Crippen molar-refractivity contribution in [2.24, 2.45) is 0 Å². The van der Waals surface area contributed by atoms with E-state index in [1.807, 2.05) is 6.07 Å². The minimum absolute atomic E-state index is 1.20. The molecule has 0 aliphatic carbocycles. The fraction of sp³-hybridized carbons (Fsp3) is 0.0286. The van der Waals surface area contributed by atoms with E-state index in [1.165, 1.54) is 60.5 Å². The van der Waals surface area contributed by atoms with Gasteiger partial charge in [0, 0.05) is 0 Å². The van der Waals surface area contributed by atoms with Crippen LogP contribution in [-0.4, -0.2) is 0 Å². The summed E-state index contributed by atoms with van der Waals surface area (Å²) in [6, 6.07) is 45.9. The van der Waals surface area contributed by atoms with Crippen LogP contribution >= 0.6 is 0 Å². The van der Waals surface area contributed by atoms with Crippen molar-refractivity contribution in [3.63, 3.8) is 0 Å². The number of hydrogen-bond donors (Lipinski definition) is 0. The predicted octanol–water partition coefficient (Wildman–Crippen LogP) is 9.81. The van der Waals surface area contributed by atoms with Gasteiger partial charge in [0.25, 0.3) is 0 Å². The third-order valence-corrected chi connectivity index (χ3v) is 6.74. The monoisotopic (exact) mass is 446 g/mol. The third kappa shape index (κ3) is 4.05. The molecule has 0 aromatic heterocycles. The highest BCUT2D eigenvalue weighted by Crippen LogP contribution is 2.43. The second-order valence-electron chi connectivity index (χ2n) is 9.07. The summed E-state index contributed by atoms with van der Waals surface area (Å²) in [5.74, 6) is 0. The standard InChI is InChI=1S/C35H26/c1-25-15-21-28(22-16-25)34-30-11-5-7-13-32(30)35(33-14-8-6-12-31(33)34)29-23-19-27(20-24-29)18-17-26-9-3-2-4-10-26/h2-24H,1H3/b18-17+. The van der Waals surface area contributed by atoms with Crippen molar-refractivity contribution < 1.29 is 0 Å². The van der Waals surface area contributed by atoms with Crippen LogP contribution in [0.4, 0.5) is 0 Å². The molecule has 0 amide bonds. The second kappa shape index (κ2) is 9.08. The molecule has 0 bridgehead atoms. The molecule has 0 heteroatoms. The zero-order valence-electron chi connectivity index (χ0n) is 19.8. The molecule has 0 atom stereocenters. The predicted molar refractivity (Wildman–Crippen MR) is 152 cm³/mol. The first-order valence-corrected chi connectivity index (χ1v) is 12.1. The molecule has 166 valence electrons. The van der Waals surface area contributed by atoms with Gasteiger partial charge in [-0.2, -0.15) is 0 Å². The van der Waals surface area contributed by atoms with Crippen molar-refractivity contribution in [3.8, 4) is 22.3 Å². The molecule has 0 radical (unpaired) electrons. The lowest BCUT2D eigenvalue weighted by molar-refractivity contribution is 1.47. The van der Waals surface area contributed by atoms with Crippen LogP contribution in [0.3, 0.4) is 0 Å². The average molecular weight is 447 g/mol. The van der Waals surface area contributed by atoms with Gasteiger partial charge in [-0.25, -0.2) is 0 Å². The van der Waals surface area contributed by atoms with Crippen LogP contribution in [0.25, 0.3) is 56.0 Å². The largest absolute Gasteiger partial charge is 0.0622 e. The van der Waals surface area contributed by atoms with E-state index < -0.39 is 0 Å². The highest BCUT2D eigenvalue weighted by Gasteiger charge is 2.16. The summed E-state index contributed by atoms with van der Waals surface area (Å²) in [7, 11) is 0. The summed E-state index contributed by atoms with van der Waals surface area (Å²) >= 11 is 0. The molecule has 6 rings (SSSR count). The van der Waals surface area contributed by atoms with E-state index >= 15 is 0 Å². The molecule has 0 fully saturated rings. The van der Waals surface area contributed by atoms with Crippen LogP contribution in [0.15, 0.2) is 127 Å². The van der Waals surface area contributed by atoms with Gasteiger partial charge in [-0.05, 0) is 61.8 Å². The molecule has 0 saturated carbocycles. The molecular formula is C35H26. The van der Waals surface area contributed by atoms with Crippen LogP contribution < -0.4 is 0 Å². The first-order valence-electron chi connectivity index (χ1n) is 12.1. The van der Waals surface area contributed by atoms with E-state index in [4.69, 9.17) is 0 Å². The average Bonchev–Trinajstić information content (AvgIpc) is 2.92. The van der Waals surface area contributed by atoms with Gasteiger partial charge in [0.2, 0.25) is 0 Å². The molecule has 0 aliphatic rings. The molecular weight excluding hydrogens is 420 g/mol. The van der Waals surface area contributed by atoms with Gasteiger partial charge in [0.05, 0.1) is 0 Å². The molecule has 0 nitrogen and oxygen atoms in total. The van der Waals surface area contributed by atoms with Crippen molar-refractivity contribution >= 4 is 33.7 Å². The van der Waals surface area contributed by atoms with Gasteiger partial charge in [0.1, 0.15) is 0 Å². The lowest BCUT2D eigenvalue weighted by atomic mass is 9.86. The Bertz CT molecular complexity index is 1600. The van der Waals surface area contributed by atoms with Crippen molar-refractivity contribution in [2.45, 2.75) is 6.92 Å². The summed E-state index contributed by atoms with van der Waals surface area (Å²) < 4.78 is 0.